The predicted molar refractivity (Wildman–Crippen MR) is 141 cm³/mol. The minimum atomic E-state index is -0.968. The van der Waals surface area contributed by atoms with Gasteiger partial charge in [0.1, 0.15) is 4.88 Å². The predicted octanol–water partition coefficient (Wildman–Crippen LogP) is 6.22. The number of nitrogens with zero attached hydrogens (tertiary/aromatic N) is 2. The normalized spacial score (nSPS) is 19.7. The molecular formula is C29H32N2O3S. The van der Waals surface area contributed by atoms with Crippen molar-refractivity contribution in [1.29, 1.82) is 0 Å². The van der Waals surface area contributed by atoms with E-state index < -0.39 is 5.97 Å². The third kappa shape index (κ3) is 5.04. The Morgan fingerprint density at radius 1 is 1.03 bits per heavy atom. The number of carbonyl (C=O) groups excluding carboxylic acids is 1. The molecule has 2 aliphatic rings. The van der Waals surface area contributed by atoms with Crippen LogP contribution < -0.4 is 4.90 Å². The first kappa shape index (κ1) is 23.8. The highest BCUT2D eigenvalue weighted by Crippen LogP contribution is 2.41. The summed E-state index contributed by atoms with van der Waals surface area (Å²) in [5.74, 6) is -0.584. The van der Waals surface area contributed by atoms with E-state index in [1.54, 1.807) is 0 Å². The molecule has 2 aromatic carbocycles. The lowest BCUT2D eigenvalue weighted by atomic mass is 9.82. The highest BCUT2D eigenvalue weighted by Gasteiger charge is 2.40. The number of carboxylic acids is 1. The van der Waals surface area contributed by atoms with Crippen LogP contribution in [0, 0.1) is 12.8 Å². The van der Waals surface area contributed by atoms with Crippen LogP contribution in [0.3, 0.4) is 0 Å². The van der Waals surface area contributed by atoms with Crippen LogP contribution >= 0.6 is 11.3 Å². The summed E-state index contributed by atoms with van der Waals surface area (Å²) in [6.45, 7) is 3.91. The van der Waals surface area contributed by atoms with Crippen LogP contribution in [0.1, 0.15) is 52.9 Å². The van der Waals surface area contributed by atoms with Crippen LogP contribution in [-0.4, -0.2) is 41.0 Å². The molecule has 0 radical (unpaired) electrons. The molecule has 1 aliphatic heterocycles. The van der Waals surface area contributed by atoms with E-state index in [1.165, 1.54) is 41.7 Å². The maximum absolute atomic E-state index is 13.7. The number of amides is 1. The molecule has 0 spiro atoms. The molecule has 5 rings (SSSR count). The Kier molecular flexibility index (Phi) is 7.02. The van der Waals surface area contributed by atoms with Gasteiger partial charge in [0, 0.05) is 18.0 Å². The SMILES string of the molecule is Cc1ccccc1CN1CC(=O)N(c2cc(-c3ccccc3)sc2C(=O)O)[C@H](C2CCCCC2)C1. The molecule has 5 nitrogen and oxygen atoms in total. The van der Waals surface area contributed by atoms with Gasteiger partial charge in [-0.25, -0.2) is 4.79 Å². The zero-order valence-corrected chi connectivity index (χ0v) is 21.0. The number of carbonyl (C=O) groups is 2. The maximum atomic E-state index is 13.7. The summed E-state index contributed by atoms with van der Waals surface area (Å²) < 4.78 is 0. The van der Waals surface area contributed by atoms with Gasteiger partial charge >= 0.3 is 5.97 Å². The van der Waals surface area contributed by atoms with Crippen LogP contribution in [-0.2, 0) is 11.3 Å². The minimum absolute atomic E-state index is 0.000296. The highest BCUT2D eigenvalue weighted by molar-refractivity contribution is 7.18. The second-order valence-electron chi connectivity index (χ2n) is 9.82. The lowest BCUT2D eigenvalue weighted by Gasteiger charge is -2.45. The Morgan fingerprint density at radius 3 is 2.46 bits per heavy atom. The summed E-state index contributed by atoms with van der Waals surface area (Å²) in [6.07, 6.45) is 5.76. The molecule has 182 valence electrons. The summed E-state index contributed by atoms with van der Waals surface area (Å²) in [5, 5.41) is 10.1. The van der Waals surface area contributed by atoms with Crippen LogP contribution in [0.5, 0.6) is 0 Å². The lowest BCUT2D eigenvalue weighted by molar-refractivity contribution is -0.123. The molecular weight excluding hydrogens is 456 g/mol. The first-order valence-corrected chi connectivity index (χ1v) is 13.3. The number of aromatic carboxylic acids is 1. The molecule has 1 aliphatic carbocycles. The smallest absolute Gasteiger partial charge is 0.348 e. The number of aryl methyl sites for hydroxylation is 1. The van der Waals surface area contributed by atoms with E-state index in [0.717, 1.165) is 36.4 Å². The fourth-order valence-corrected chi connectivity index (χ4v) is 6.66. The van der Waals surface area contributed by atoms with Crippen LogP contribution in [0.25, 0.3) is 10.4 Å². The fourth-order valence-electron chi connectivity index (χ4n) is 5.66. The van der Waals surface area contributed by atoms with E-state index in [1.807, 2.05) is 47.4 Å². The zero-order valence-electron chi connectivity index (χ0n) is 20.2. The number of rotatable bonds is 6. The van der Waals surface area contributed by atoms with Crippen molar-refractivity contribution in [2.24, 2.45) is 5.92 Å². The standard InChI is InChI=1S/C29H32N2O3S/c1-20-10-8-9-15-23(20)17-30-18-25(21-11-4-2-5-12-21)31(27(32)19-30)24-16-26(35-28(24)29(33)34)22-13-6-3-7-14-22/h3,6-10,13-16,21,25H,2,4-5,11-12,17-19H2,1H3,(H,33,34)/t25-/m0/s1. The van der Waals surface area contributed by atoms with Crippen molar-refractivity contribution in [3.8, 4) is 10.4 Å². The highest BCUT2D eigenvalue weighted by atomic mass is 32.1. The Balaban J connectivity index is 1.51. The number of piperazine rings is 1. The summed E-state index contributed by atoms with van der Waals surface area (Å²) >= 11 is 1.26. The molecule has 0 unspecified atom stereocenters. The largest absolute Gasteiger partial charge is 0.477 e. The first-order valence-electron chi connectivity index (χ1n) is 12.5. The summed E-state index contributed by atoms with van der Waals surface area (Å²) in [6, 6.07) is 20.1. The monoisotopic (exact) mass is 488 g/mol. The zero-order chi connectivity index (χ0) is 24.4. The summed E-state index contributed by atoms with van der Waals surface area (Å²) in [7, 11) is 0. The van der Waals surface area contributed by atoms with Crippen molar-refractivity contribution < 1.29 is 14.7 Å². The number of thiophene rings is 1. The van der Waals surface area contributed by atoms with Gasteiger partial charge < -0.3 is 10.0 Å². The lowest BCUT2D eigenvalue weighted by Crippen LogP contribution is -2.59. The third-order valence-corrected chi connectivity index (χ3v) is 8.64. The van der Waals surface area contributed by atoms with Crippen molar-refractivity contribution in [1.82, 2.24) is 4.90 Å². The van der Waals surface area contributed by atoms with Crippen molar-refractivity contribution in [2.75, 3.05) is 18.0 Å². The molecule has 3 aromatic rings. The number of carboxylic acid groups (broad SMARTS) is 1. The van der Waals surface area contributed by atoms with E-state index in [9.17, 15) is 14.7 Å². The molecule has 1 N–H and O–H groups in total. The Morgan fingerprint density at radius 2 is 1.74 bits per heavy atom. The van der Waals surface area contributed by atoms with Gasteiger partial charge in [-0.2, -0.15) is 0 Å². The van der Waals surface area contributed by atoms with Gasteiger partial charge in [0.15, 0.2) is 0 Å². The van der Waals surface area contributed by atoms with Gasteiger partial charge in [-0.15, -0.1) is 11.3 Å². The molecule has 1 atom stereocenters. The minimum Gasteiger partial charge on any atom is -0.477 e. The second-order valence-corrected chi connectivity index (χ2v) is 10.9. The molecule has 0 bridgehead atoms. The van der Waals surface area contributed by atoms with Gasteiger partial charge in [0.25, 0.3) is 0 Å². The van der Waals surface area contributed by atoms with Gasteiger partial charge in [0.2, 0.25) is 5.91 Å². The number of hydrogen-bond donors (Lipinski definition) is 1. The van der Waals surface area contributed by atoms with Crippen molar-refractivity contribution >= 4 is 28.9 Å². The molecule has 1 amide bonds. The van der Waals surface area contributed by atoms with E-state index >= 15 is 0 Å². The van der Waals surface area contributed by atoms with Gasteiger partial charge in [-0.05, 0) is 48.4 Å². The van der Waals surface area contributed by atoms with E-state index in [2.05, 4.69) is 30.0 Å². The number of benzene rings is 2. The van der Waals surface area contributed by atoms with E-state index in [-0.39, 0.29) is 16.8 Å². The average Bonchev–Trinajstić information content (AvgIpc) is 3.32. The van der Waals surface area contributed by atoms with Gasteiger partial charge in [0.05, 0.1) is 18.3 Å². The fraction of sp³-hybridized carbons (Fsp3) is 0.379. The van der Waals surface area contributed by atoms with E-state index in [0.29, 0.717) is 18.2 Å². The number of anilines is 1. The Labute approximate surface area is 211 Å². The molecule has 2 fully saturated rings. The molecule has 1 saturated carbocycles. The summed E-state index contributed by atoms with van der Waals surface area (Å²) in [5.41, 5.74) is 4.02. The van der Waals surface area contributed by atoms with Crippen LogP contribution in [0.15, 0.2) is 60.7 Å². The Bertz CT molecular complexity index is 1200. The third-order valence-electron chi connectivity index (χ3n) is 7.48. The topological polar surface area (TPSA) is 60.9 Å². The van der Waals surface area contributed by atoms with Crippen LogP contribution in [0.4, 0.5) is 5.69 Å². The molecule has 2 heterocycles. The quantitative estimate of drug-likeness (QED) is 0.447. The molecule has 35 heavy (non-hydrogen) atoms. The second kappa shape index (κ2) is 10.3. The summed E-state index contributed by atoms with van der Waals surface area (Å²) in [4.78, 5) is 31.3. The van der Waals surface area contributed by atoms with E-state index in [4.69, 9.17) is 0 Å². The number of hydrogen-bond acceptors (Lipinski definition) is 4. The first-order chi connectivity index (χ1) is 17.0. The van der Waals surface area contributed by atoms with Gasteiger partial charge in [-0.3, -0.25) is 9.69 Å². The van der Waals surface area contributed by atoms with Crippen molar-refractivity contribution in [3.63, 3.8) is 0 Å². The maximum Gasteiger partial charge on any atom is 0.348 e. The Hall–Kier alpha value is -2.96. The van der Waals surface area contributed by atoms with Crippen molar-refractivity contribution in [3.05, 3.63) is 76.7 Å². The average molecular weight is 489 g/mol. The molecule has 6 heteroatoms. The van der Waals surface area contributed by atoms with Crippen molar-refractivity contribution in [2.45, 2.75) is 51.6 Å². The van der Waals surface area contributed by atoms with Gasteiger partial charge in [-0.1, -0.05) is 73.9 Å². The van der Waals surface area contributed by atoms with Crippen LogP contribution in [0.2, 0.25) is 0 Å². The molecule has 1 aromatic heterocycles. The molecule has 1 saturated heterocycles.